The van der Waals surface area contributed by atoms with Crippen molar-refractivity contribution < 1.29 is 31.2 Å². The summed E-state index contributed by atoms with van der Waals surface area (Å²) in [6.07, 6.45) is -0.825. The molecule has 1 atom stereocenters. The van der Waals surface area contributed by atoms with Crippen LogP contribution in [0.5, 0.6) is 5.75 Å². The Hall–Kier alpha value is -2.27. The highest BCUT2D eigenvalue weighted by Gasteiger charge is 2.29. The van der Waals surface area contributed by atoms with E-state index in [0.29, 0.717) is 0 Å². The van der Waals surface area contributed by atoms with Crippen molar-refractivity contribution in [3.63, 3.8) is 0 Å². The van der Waals surface area contributed by atoms with Gasteiger partial charge in [-0.3, -0.25) is 4.79 Å². The zero-order chi connectivity index (χ0) is 17.8. The van der Waals surface area contributed by atoms with Crippen molar-refractivity contribution in [1.82, 2.24) is 4.90 Å². The molecule has 0 N–H and O–H groups in total. The van der Waals surface area contributed by atoms with Crippen LogP contribution < -0.4 is 4.74 Å². The number of amides is 1. The van der Waals surface area contributed by atoms with Gasteiger partial charge in [-0.15, -0.1) is 4.36 Å². The SMILES string of the molecule is CC(=O)N(C)C(N=S(=O)=O)C(=O)Oc1ccccc1S(C)(=O)=O. The van der Waals surface area contributed by atoms with Crippen LogP contribution in [-0.2, 0) is 29.9 Å². The number of para-hydroxylation sites is 1. The van der Waals surface area contributed by atoms with E-state index in [9.17, 15) is 26.4 Å². The Morgan fingerprint density at radius 3 is 2.30 bits per heavy atom. The molecule has 1 aromatic carbocycles. The summed E-state index contributed by atoms with van der Waals surface area (Å²) in [6.45, 7) is 1.11. The second kappa shape index (κ2) is 7.33. The first-order valence-corrected chi connectivity index (χ1v) is 9.00. The number of esters is 1. The lowest BCUT2D eigenvalue weighted by Gasteiger charge is -2.20. The molecule has 1 rings (SSSR count). The first-order valence-electron chi connectivity index (χ1n) is 6.08. The molecule has 0 spiro atoms. The number of ether oxygens (including phenoxy) is 1. The van der Waals surface area contributed by atoms with Crippen molar-refractivity contribution in [2.24, 2.45) is 4.36 Å². The van der Waals surface area contributed by atoms with Gasteiger partial charge in [0.2, 0.25) is 12.1 Å². The number of nitrogens with zero attached hydrogens (tertiary/aromatic N) is 2. The van der Waals surface area contributed by atoms with Crippen LogP contribution in [0.1, 0.15) is 6.92 Å². The Balaban J connectivity index is 3.24. The van der Waals surface area contributed by atoms with Crippen LogP contribution in [0.4, 0.5) is 0 Å². The monoisotopic (exact) mass is 362 g/mol. The van der Waals surface area contributed by atoms with Crippen LogP contribution in [0.25, 0.3) is 0 Å². The van der Waals surface area contributed by atoms with Crippen LogP contribution in [0, 0.1) is 0 Å². The largest absolute Gasteiger partial charge is 0.422 e. The zero-order valence-corrected chi connectivity index (χ0v) is 14.1. The van der Waals surface area contributed by atoms with E-state index in [1.807, 2.05) is 0 Å². The molecule has 1 aromatic rings. The van der Waals surface area contributed by atoms with Gasteiger partial charge in [-0.25, -0.2) is 13.2 Å². The van der Waals surface area contributed by atoms with E-state index in [-0.39, 0.29) is 10.6 Å². The second-order valence-corrected chi connectivity index (χ2v) is 7.10. The van der Waals surface area contributed by atoms with Gasteiger partial charge in [-0.05, 0) is 12.1 Å². The predicted molar refractivity (Wildman–Crippen MR) is 78.8 cm³/mol. The van der Waals surface area contributed by atoms with Gasteiger partial charge in [0.25, 0.3) is 0 Å². The number of rotatable bonds is 5. The van der Waals surface area contributed by atoms with E-state index in [2.05, 4.69) is 4.36 Å². The van der Waals surface area contributed by atoms with Gasteiger partial charge in [0.1, 0.15) is 10.6 Å². The normalized spacial score (nSPS) is 12.1. The van der Waals surface area contributed by atoms with Gasteiger partial charge in [0.05, 0.1) is 0 Å². The van der Waals surface area contributed by atoms with E-state index in [1.165, 1.54) is 24.3 Å². The van der Waals surface area contributed by atoms with E-state index in [1.54, 1.807) is 0 Å². The second-order valence-electron chi connectivity index (χ2n) is 4.47. The number of likely N-dealkylation sites (N-methyl/N-ethyl adjacent to an activating group) is 1. The number of hydrogen-bond acceptors (Lipinski definition) is 8. The molecule has 0 aliphatic carbocycles. The van der Waals surface area contributed by atoms with Crippen LogP contribution in [-0.4, -0.2) is 53.1 Å². The number of carbonyl (C=O) groups excluding carboxylic acids is 2. The average Bonchev–Trinajstić information content (AvgIpc) is 2.43. The van der Waals surface area contributed by atoms with Crippen LogP contribution in [0.3, 0.4) is 0 Å². The number of hydrogen-bond donors (Lipinski definition) is 0. The molecule has 11 heteroatoms. The molecule has 0 heterocycles. The van der Waals surface area contributed by atoms with Crippen molar-refractivity contribution in [3.8, 4) is 5.75 Å². The fourth-order valence-corrected chi connectivity index (χ4v) is 2.72. The van der Waals surface area contributed by atoms with Crippen LogP contribution in [0.15, 0.2) is 33.5 Å². The fourth-order valence-electron chi connectivity index (χ4n) is 1.53. The molecule has 0 saturated carbocycles. The first kappa shape index (κ1) is 18.8. The Morgan fingerprint density at radius 2 is 1.83 bits per heavy atom. The summed E-state index contributed by atoms with van der Waals surface area (Å²) in [4.78, 5) is 23.9. The number of sulfone groups is 1. The minimum Gasteiger partial charge on any atom is -0.422 e. The van der Waals surface area contributed by atoms with E-state index >= 15 is 0 Å². The minimum absolute atomic E-state index is 0.249. The van der Waals surface area contributed by atoms with Gasteiger partial charge in [-0.2, -0.15) is 8.42 Å². The summed E-state index contributed by atoms with van der Waals surface area (Å²) in [5, 5.41) is 0. The maximum atomic E-state index is 12.1. The molecule has 0 radical (unpaired) electrons. The molecular formula is C12H14N2O7S2. The highest BCUT2D eigenvalue weighted by molar-refractivity contribution is 7.90. The minimum atomic E-state index is -3.67. The zero-order valence-electron chi connectivity index (χ0n) is 12.5. The van der Waals surface area contributed by atoms with Gasteiger partial charge in [0, 0.05) is 20.2 Å². The summed E-state index contributed by atoms with van der Waals surface area (Å²) in [7, 11) is -5.49. The van der Waals surface area contributed by atoms with Crippen LogP contribution in [0.2, 0.25) is 0 Å². The van der Waals surface area contributed by atoms with Gasteiger partial charge >= 0.3 is 16.5 Å². The summed E-state index contributed by atoms with van der Waals surface area (Å²) in [5.74, 6) is -2.12. The Morgan fingerprint density at radius 1 is 1.26 bits per heavy atom. The van der Waals surface area contributed by atoms with E-state index in [4.69, 9.17) is 4.74 Å². The molecule has 0 aliphatic rings. The highest BCUT2D eigenvalue weighted by atomic mass is 32.2. The Kier molecular flexibility index (Phi) is 5.98. The van der Waals surface area contributed by atoms with E-state index in [0.717, 1.165) is 25.1 Å². The maximum absolute atomic E-state index is 12.1. The van der Waals surface area contributed by atoms with Gasteiger partial charge in [0.15, 0.2) is 9.84 Å². The number of carbonyl (C=O) groups is 2. The molecule has 9 nitrogen and oxygen atoms in total. The Labute approximate surface area is 134 Å². The summed E-state index contributed by atoms with van der Waals surface area (Å²) < 4.78 is 52.7. The van der Waals surface area contributed by atoms with Crippen molar-refractivity contribution in [2.45, 2.75) is 18.0 Å². The van der Waals surface area contributed by atoms with Crippen molar-refractivity contribution in [1.29, 1.82) is 0 Å². The smallest absolute Gasteiger partial charge is 0.358 e. The average molecular weight is 362 g/mol. The first-order chi connectivity index (χ1) is 10.5. The number of benzene rings is 1. The molecule has 0 fully saturated rings. The van der Waals surface area contributed by atoms with E-state index < -0.39 is 38.4 Å². The lowest BCUT2D eigenvalue weighted by atomic mass is 10.3. The molecule has 23 heavy (non-hydrogen) atoms. The third kappa shape index (κ3) is 5.14. The lowest BCUT2D eigenvalue weighted by molar-refractivity contribution is -0.145. The quantitative estimate of drug-likeness (QED) is 0.527. The third-order valence-electron chi connectivity index (χ3n) is 2.72. The third-order valence-corrected chi connectivity index (χ3v) is 4.23. The standard InChI is InChI=1S/C12H14N2O7S2/c1-8(15)14(2)11(13-22(17)18)12(16)21-9-6-4-5-7-10(9)23(3,19)20/h4-7,11H,1-3H3. The van der Waals surface area contributed by atoms with Crippen molar-refractivity contribution >= 4 is 32.2 Å². The van der Waals surface area contributed by atoms with Crippen molar-refractivity contribution in [3.05, 3.63) is 24.3 Å². The molecule has 1 unspecified atom stereocenters. The highest BCUT2D eigenvalue weighted by Crippen LogP contribution is 2.23. The molecule has 0 aromatic heterocycles. The molecule has 1 amide bonds. The summed E-state index contributed by atoms with van der Waals surface area (Å²) in [6, 6.07) is 5.33. The summed E-state index contributed by atoms with van der Waals surface area (Å²) in [5.41, 5.74) is 0. The molecule has 0 saturated heterocycles. The summed E-state index contributed by atoms with van der Waals surface area (Å²) >= 11 is 0. The maximum Gasteiger partial charge on any atom is 0.358 e. The Bertz CT molecular complexity index is 851. The van der Waals surface area contributed by atoms with Crippen LogP contribution >= 0.6 is 0 Å². The van der Waals surface area contributed by atoms with Crippen molar-refractivity contribution in [2.75, 3.05) is 13.3 Å². The molecule has 0 bridgehead atoms. The fraction of sp³-hybridized carbons (Fsp3) is 0.333. The molecular weight excluding hydrogens is 348 g/mol. The molecule has 126 valence electrons. The molecule has 0 aliphatic heterocycles. The lowest BCUT2D eigenvalue weighted by Crippen LogP contribution is -2.42. The topological polar surface area (TPSA) is 127 Å². The van der Waals surface area contributed by atoms with Gasteiger partial charge < -0.3 is 9.64 Å². The van der Waals surface area contributed by atoms with Gasteiger partial charge in [-0.1, -0.05) is 12.1 Å². The predicted octanol–water partition coefficient (Wildman–Crippen LogP) is -0.137.